The average molecular weight is 518 g/mol. The van der Waals surface area contributed by atoms with E-state index in [0.717, 1.165) is 6.07 Å². The summed E-state index contributed by atoms with van der Waals surface area (Å²) < 4.78 is 45.8. The van der Waals surface area contributed by atoms with Crippen molar-refractivity contribution >= 4 is 28.5 Å². The molecule has 3 aromatic rings. The van der Waals surface area contributed by atoms with Gasteiger partial charge in [-0.15, -0.1) is 0 Å². The molecule has 2 aromatic carbocycles. The van der Waals surface area contributed by atoms with Gasteiger partial charge in [-0.2, -0.15) is 13.2 Å². The Bertz CT molecular complexity index is 1390. The largest absolute Gasteiger partial charge is 0.480 e. The van der Waals surface area contributed by atoms with Gasteiger partial charge < -0.3 is 20.6 Å². The molecule has 0 aliphatic carbocycles. The number of nitrogens with two attached hydrogens (primary N) is 1. The molecule has 1 aliphatic rings. The zero-order valence-electron chi connectivity index (χ0n) is 19.9. The second-order valence-corrected chi connectivity index (χ2v) is 9.31. The van der Waals surface area contributed by atoms with Crippen molar-refractivity contribution in [3.05, 3.63) is 64.4 Å². The molecule has 37 heavy (non-hydrogen) atoms. The molecule has 3 atom stereocenters. The first-order valence-electron chi connectivity index (χ1n) is 11.7. The van der Waals surface area contributed by atoms with Crippen LogP contribution in [0.25, 0.3) is 22.0 Å². The summed E-state index contributed by atoms with van der Waals surface area (Å²) in [4.78, 5) is 40.2. The summed E-state index contributed by atoms with van der Waals surface area (Å²) in [5.74, 6) is -1.04. The highest BCUT2D eigenvalue weighted by Gasteiger charge is 2.34. The summed E-state index contributed by atoms with van der Waals surface area (Å²) in [6.45, 7) is 2.13. The smallest absolute Gasteiger partial charge is 0.417 e. The number of alkyl halides is 3. The number of nitrogens with one attached hydrogen (secondary N) is 1. The average Bonchev–Trinajstić information content (AvgIpc) is 3.22. The van der Waals surface area contributed by atoms with E-state index in [1.54, 1.807) is 12.1 Å². The van der Waals surface area contributed by atoms with Crippen LogP contribution in [0.1, 0.15) is 31.7 Å². The summed E-state index contributed by atoms with van der Waals surface area (Å²) in [6.07, 6.45) is -4.13. The monoisotopic (exact) mass is 517 g/mol. The number of hydrogen-bond donors (Lipinski definition) is 3. The first-order valence-corrected chi connectivity index (χ1v) is 11.7. The van der Waals surface area contributed by atoms with Crippen molar-refractivity contribution in [1.29, 1.82) is 0 Å². The summed E-state index contributed by atoms with van der Waals surface area (Å²) in [5.41, 5.74) is 4.46. The number of aromatic nitrogens is 1. The maximum absolute atomic E-state index is 13.5. The lowest BCUT2D eigenvalue weighted by atomic mass is 9.96. The fraction of sp³-hybridized carbons (Fsp3) is 0.346. The number of fused-ring (bicyclic) bond motifs is 1. The Morgan fingerprint density at radius 2 is 1.95 bits per heavy atom. The lowest BCUT2D eigenvalue weighted by molar-refractivity contribution is -0.139. The molecule has 0 radical (unpaired) electrons. The summed E-state index contributed by atoms with van der Waals surface area (Å²) >= 11 is 0. The van der Waals surface area contributed by atoms with E-state index in [1.807, 2.05) is 6.92 Å². The molecule has 1 amide bonds. The van der Waals surface area contributed by atoms with Crippen LogP contribution < -0.4 is 16.2 Å². The van der Waals surface area contributed by atoms with Crippen LogP contribution in [-0.2, 0) is 15.7 Å². The lowest BCUT2D eigenvalue weighted by Gasteiger charge is -2.16. The van der Waals surface area contributed by atoms with E-state index in [-0.39, 0.29) is 29.1 Å². The minimum Gasteiger partial charge on any atom is -0.480 e. The highest BCUT2D eigenvalue weighted by molar-refractivity contribution is 5.94. The number of H-pyrrole nitrogens is 1. The zero-order valence-corrected chi connectivity index (χ0v) is 19.9. The van der Waals surface area contributed by atoms with Gasteiger partial charge in [0, 0.05) is 22.3 Å². The Morgan fingerprint density at radius 1 is 1.22 bits per heavy atom. The van der Waals surface area contributed by atoms with Crippen LogP contribution in [0.5, 0.6) is 0 Å². The molecular weight excluding hydrogens is 491 g/mol. The lowest BCUT2D eigenvalue weighted by Crippen LogP contribution is -2.32. The van der Waals surface area contributed by atoms with Crippen LogP contribution in [0.4, 0.5) is 23.7 Å². The molecule has 196 valence electrons. The molecule has 1 aliphatic heterocycles. The molecule has 4 N–H and O–H groups in total. The quantitative estimate of drug-likeness (QED) is 0.396. The number of anilines is 1. The number of rotatable bonds is 8. The topological polar surface area (TPSA) is 126 Å². The fourth-order valence-electron chi connectivity index (χ4n) is 4.53. The molecule has 2 heterocycles. The normalized spacial score (nSPS) is 17.6. The number of carbonyl (C=O) groups excluding carboxylic acids is 1. The Morgan fingerprint density at radius 3 is 2.65 bits per heavy atom. The second-order valence-electron chi connectivity index (χ2n) is 9.31. The van der Waals surface area contributed by atoms with Gasteiger partial charge in [0.2, 0.25) is 0 Å². The van der Waals surface area contributed by atoms with Crippen molar-refractivity contribution in [2.45, 2.75) is 44.5 Å². The number of hydrogen-bond acceptors (Lipinski definition) is 5. The van der Waals surface area contributed by atoms with Crippen molar-refractivity contribution in [3.63, 3.8) is 0 Å². The molecule has 3 unspecified atom stereocenters. The van der Waals surface area contributed by atoms with E-state index in [4.69, 9.17) is 15.6 Å². The molecule has 1 aromatic heterocycles. The van der Waals surface area contributed by atoms with Crippen molar-refractivity contribution in [2.24, 2.45) is 11.7 Å². The van der Waals surface area contributed by atoms with Gasteiger partial charge in [-0.25, -0.2) is 4.79 Å². The number of pyridine rings is 1. The van der Waals surface area contributed by atoms with Crippen molar-refractivity contribution < 1.29 is 32.6 Å². The summed E-state index contributed by atoms with van der Waals surface area (Å²) in [6, 6.07) is 10.2. The number of aromatic amines is 1. The number of ether oxygens (including phenoxy) is 1. The van der Waals surface area contributed by atoms with Gasteiger partial charge in [-0.05, 0) is 54.8 Å². The number of amides is 1. The van der Waals surface area contributed by atoms with Crippen LogP contribution in [0.2, 0.25) is 0 Å². The van der Waals surface area contributed by atoms with E-state index in [1.165, 1.54) is 35.2 Å². The van der Waals surface area contributed by atoms with Gasteiger partial charge >= 0.3 is 18.2 Å². The maximum atomic E-state index is 13.5. The Hall–Kier alpha value is -3.86. The molecule has 0 bridgehead atoms. The van der Waals surface area contributed by atoms with E-state index in [0.29, 0.717) is 30.3 Å². The van der Waals surface area contributed by atoms with Crippen molar-refractivity contribution in [3.8, 4) is 11.3 Å². The maximum Gasteiger partial charge on any atom is 0.417 e. The van der Waals surface area contributed by atoms with E-state index in [2.05, 4.69) is 4.98 Å². The SMILES string of the molecule is CC(CCC1CN(c2ccc3cc(-c4ccccc4C(F)(F)F)[nH]c(=O)c3c2)C(=O)O1)CC(N)C(=O)O. The Balaban J connectivity index is 1.52. The molecule has 11 heteroatoms. The van der Waals surface area contributed by atoms with Crippen molar-refractivity contribution in [2.75, 3.05) is 11.4 Å². The Kier molecular flexibility index (Phi) is 7.26. The number of carboxylic acid groups (broad SMARTS) is 1. The van der Waals surface area contributed by atoms with Crippen molar-refractivity contribution in [1.82, 2.24) is 4.98 Å². The second kappa shape index (κ2) is 10.3. The number of aliphatic carboxylic acids is 1. The minimum atomic E-state index is -4.58. The third-order valence-electron chi connectivity index (χ3n) is 6.49. The molecule has 0 saturated carbocycles. The van der Waals surface area contributed by atoms with Gasteiger partial charge in [0.15, 0.2) is 0 Å². The standard InChI is InChI=1S/C26H26F3N3O5/c1-14(10-21(30)24(34)35)6-9-17-13-32(25(36)37-17)16-8-7-15-11-22(31-23(33)19(15)12-16)18-4-2-3-5-20(18)26(27,28)29/h2-5,7-8,11-12,14,17,21H,6,9-10,13,30H2,1H3,(H,31,33)(H,34,35). The van der Waals surface area contributed by atoms with E-state index < -0.39 is 41.5 Å². The number of nitrogens with zero attached hydrogens (tertiary/aromatic N) is 1. The van der Waals surface area contributed by atoms with E-state index in [9.17, 15) is 27.6 Å². The van der Waals surface area contributed by atoms with Crippen LogP contribution in [0.15, 0.2) is 53.3 Å². The molecule has 8 nitrogen and oxygen atoms in total. The Labute approximate surface area is 209 Å². The van der Waals surface area contributed by atoms with Gasteiger partial charge in [0.05, 0.1) is 12.1 Å². The summed E-state index contributed by atoms with van der Waals surface area (Å²) in [7, 11) is 0. The molecule has 1 fully saturated rings. The molecular formula is C26H26F3N3O5. The van der Waals surface area contributed by atoms with Crippen LogP contribution in [0, 0.1) is 5.92 Å². The first-order chi connectivity index (χ1) is 17.4. The minimum absolute atomic E-state index is 0.0229. The first kappa shape index (κ1) is 26.2. The fourth-order valence-corrected chi connectivity index (χ4v) is 4.53. The predicted octanol–water partition coefficient (Wildman–Crippen LogP) is 4.76. The third kappa shape index (κ3) is 5.77. The van der Waals surface area contributed by atoms with Crippen LogP contribution in [-0.4, -0.2) is 40.8 Å². The number of benzene rings is 2. The predicted molar refractivity (Wildman–Crippen MR) is 131 cm³/mol. The zero-order chi connectivity index (χ0) is 26.9. The molecule has 4 rings (SSSR count). The molecule has 1 saturated heterocycles. The van der Waals surface area contributed by atoms with Crippen LogP contribution >= 0.6 is 0 Å². The number of carbonyl (C=O) groups is 2. The van der Waals surface area contributed by atoms with Gasteiger partial charge in [-0.3, -0.25) is 14.5 Å². The van der Waals surface area contributed by atoms with Gasteiger partial charge in [-0.1, -0.05) is 31.2 Å². The highest BCUT2D eigenvalue weighted by Crippen LogP contribution is 2.37. The number of halogens is 3. The van der Waals surface area contributed by atoms with Crippen LogP contribution in [0.3, 0.4) is 0 Å². The molecule has 0 spiro atoms. The third-order valence-corrected chi connectivity index (χ3v) is 6.49. The van der Waals surface area contributed by atoms with Gasteiger partial charge in [0.1, 0.15) is 12.1 Å². The summed E-state index contributed by atoms with van der Waals surface area (Å²) in [5, 5.41) is 9.59. The van der Waals surface area contributed by atoms with E-state index >= 15 is 0 Å². The van der Waals surface area contributed by atoms with Gasteiger partial charge in [0.25, 0.3) is 5.56 Å². The number of cyclic esters (lactones) is 1. The number of carboxylic acids is 1. The highest BCUT2D eigenvalue weighted by atomic mass is 19.4.